The molecular formula is C32H58O8. The first-order valence-electron chi connectivity index (χ1n) is 14.5. The highest BCUT2D eigenvalue weighted by Crippen LogP contribution is 2.37. The first-order valence-corrected chi connectivity index (χ1v) is 14.5. The molecule has 0 heterocycles. The number of rotatable bonds is 20. The summed E-state index contributed by atoms with van der Waals surface area (Å²) in [5.41, 5.74) is -3.22. The van der Waals surface area contributed by atoms with Gasteiger partial charge in [-0.15, -0.1) is 0 Å². The lowest BCUT2D eigenvalue weighted by molar-refractivity contribution is -0.182. The van der Waals surface area contributed by atoms with Gasteiger partial charge in [0.25, 0.3) is 0 Å². The number of carboxylic acids is 1. The number of aliphatic carboxylic acids is 1. The van der Waals surface area contributed by atoms with Crippen molar-refractivity contribution in [2.24, 2.45) is 0 Å². The lowest BCUT2D eigenvalue weighted by Gasteiger charge is -2.43. The Bertz CT molecular complexity index is 859. The molecule has 5 atom stereocenters. The van der Waals surface area contributed by atoms with E-state index in [1.165, 1.54) is 44.4 Å². The van der Waals surface area contributed by atoms with Crippen molar-refractivity contribution in [1.29, 1.82) is 0 Å². The molecule has 7 N–H and O–H groups in total. The van der Waals surface area contributed by atoms with Crippen LogP contribution in [-0.2, 0) is 4.79 Å². The van der Waals surface area contributed by atoms with Gasteiger partial charge in [-0.2, -0.15) is 0 Å². The fourth-order valence-corrected chi connectivity index (χ4v) is 4.57. The Morgan fingerprint density at radius 3 is 1.68 bits per heavy atom. The summed E-state index contributed by atoms with van der Waals surface area (Å²) in [5, 5.41) is 73.4. The lowest BCUT2D eigenvalue weighted by Crippen LogP contribution is -2.55. The van der Waals surface area contributed by atoms with Gasteiger partial charge in [-0.1, -0.05) is 34.9 Å². The molecule has 0 aromatic carbocycles. The monoisotopic (exact) mass is 570 g/mol. The topological polar surface area (TPSA) is 159 Å². The van der Waals surface area contributed by atoms with Gasteiger partial charge in [0, 0.05) is 0 Å². The minimum absolute atomic E-state index is 0.0750. The first kappa shape index (κ1) is 38.5. The van der Waals surface area contributed by atoms with E-state index in [9.17, 15) is 40.5 Å². The Morgan fingerprint density at radius 1 is 0.700 bits per heavy atom. The van der Waals surface area contributed by atoms with Crippen LogP contribution in [0.4, 0.5) is 0 Å². The summed E-state index contributed by atoms with van der Waals surface area (Å²) in [6.45, 7) is 13.9. The fourth-order valence-electron chi connectivity index (χ4n) is 4.57. The molecule has 0 saturated carbocycles. The van der Waals surface area contributed by atoms with E-state index >= 15 is 0 Å². The van der Waals surface area contributed by atoms with Gasteiger partial charge in [0.1, 0.15) is 5.60 Å². The summed E-state index contributed by atoms with van der Waals surface area (Å²) >= 11 is 0. The molecule has 0 unspecified atom stereocenters. The third-order valence-corrected chi connectivity index (χ3v) is 7.98. The summed E-state index contributed by atoms with van der Waals surface area (Å²) in [6.07, 6.45) is 7.54. The van der Waals surface area contributed by atoms with Crippen molar-refractivity contribution in [2.45, 2.75) is 161 Å². The second kappa shape index (κ2) is 16.8. The van der Waals surface area contributed by atoms with Crippen molar-refractivity contribution in [2.75, 3.05) is 0 Å². The summed E-state index contributed by atoms with van der Waals surface area (Å²) in [7, 11) is 0. The van der Waals surface area contributed by atoms with Crippen molar-refractivity contribution in [3.63, 3.8) is 0 Å². The number of aliphatic hydroxyl groups is 6. The summed E-state index contributed by atoms with van der Waals surface area (Å²) in [4.78, 5) is 11.5. The van der Waals surface area contributed by atoms with Crippen molar-refractivity contribution in [1.82, 2.24) is 0 Å². The number of carboxylic acid groups (broad SMARTS) is 1. The van der Waals surface area contributed by atoms with Crippen molar-refractivity contribution in [3.05, 3.63) is 34.9 Å². The summed E-state index contributed by atoms with van der Waals surface area (Å²) < 4.78 is 0. The Hall–Kier alpha value is -1.55. The van der Waals surface area contributed by atoms with E-state index < -0.39 is 47.0 Å². The van der Waals surface area contributed by atoms with Gasteiger partial charge >= 0.3 is 5.97 Å². The Labute approximate surface area is 242 Å². The third-order valence-electron chi connectivity index (χ3n) is 7.98. The number of aliphatic hydroxyl groups excluding tert-OH is 2. The van der Waals surface area contributed by atoms with Gasteiger partial charge in [0.05, 0.1) is 35.4 Å². The van der Waals surface area contributed by atoms with Crippen LogP contribution in [0.3, 0.4) is 0 Å². The minimum atomic E-state index is -2.13. The molecule has 0 aliphatic heterocycles. The number of allylic oxidation sites excluding steroid dienone is 6. The van der Waals surface area contributed by atoms with Crippen LogP contribution in [-0.4, -0.2) is 76.3 Å². The van der Waals surface area contributed by atoms with Gasteiger partial charge in [-0.25, -0.2) is 0 Å². The van der Waals surface area contributed by atoms with Crippen LogP contribution in [0.2, 0.25) is 0 Å². The van der Waals surface area contributed by atoms with E-state index in [-0.39, 0.29) is 32.1 Å². The standard InChI is InChI=1S/C32H58O8/c1-23(2)12-9-13-24(3)14-10-15-25(4)16-11-17-27(34)30(7,38)20-21-32(40,22-28(35)36)31(8,39)19-18-26(33)29(5,6)37/h12,14,16,26-27,33-34,37-40H,9-11,13,15,17-22H2,1-8H3,(H,35,36)/t26-,27-,30-,31-,32+/m0/s1. The SMILES string of the molecule is CC(C)=CCCC(C)=CCCC(C)=CCC[C@H](O)[C@@](C)(O)CC[C@@](O)(CC(=O)O)[C@@](C)(O)CC[C@H](O)C(C)(C)O. The third kappa shape index (κ3) is 14.9. The molecule has 0 aromatic heterocycles. The van der Waals surface area contributed by atoms with Crippen LogP contribution in [0.25, 0.3) is 0 Å². The zero-order valence-corrected chi connectivity index (χ0v) is 26.2. The molecule has 0 amide bonds. The molecule has 0 aliphatic rings. The van der Waals surface area contributed by atoms with Crippen LogP contribution in [0.1, 0.15) is 126 Å². The number of hydrogen-bond acceptors (Lipinski definition) is 7. The predicted octanol–water partition coefficient (Wildman–Crippen LogP) is 4.95. The zero-order valence-electron chi connectivity index (χ0n) is 26.2. The number of hydrogen-bond donors (Lipinski definition) is 7. The van der Waals surface area contributed by atoms with Crippen molar-refractivity contribution < 1.29 is 40.5 Å². The Kier molecular flexibility index (Phi) is 16.1. The molecule has 40 heavy (non-hydrogen) atoms. The van der Waals surface area contributed by atoms with Crippen LogP contribution in [0.5, 0.6) is 0 Å². The van der Waals surface area contributed by atoms with Gasteiger partial charge in [0.2, 0.25) is 0 Å². The predicted molar refractivity (Wildman–Crippen MR) is 160 cm³/mol. The highest BCUT2D eigenvalue weighted by atomic mass is 16.4. The van der Waals surface area contributed by atoms with E-state index in [2.05, 4.69) is 32.9 Å². The van der Waals surface area contributed by atoms with Crippen LogP contribution in [0.15, 0.2) is 34.9 Å². The molecule has 0 saturated heterocycles. The van der Waals surface area contributed by atoms with E-state index in [0.717, 1.165) is 25.7 Å². The molecule has 0 rings (SSSR count). The van der Waals surface area contributed by atoms with E-state index in [4.69, 9.17) is 0 Å². The highest BCUT2D eigenvalue weighted by Gasteiger charge is 2.48. The maximum absolute atomic E-state index is 11.5. The zero-order chi connectivity index (χ0) is 31.4. The molecule has 0 radical (unpaired) electrons. The molecule has 0 aliphatic carbocycles. The first-order chi connectivity index (χ1) is 18.1. The van der Waals surface area contributed by atoms with Gasteiger partial charge < -0.3 is 35.7 Å². The molecular weight excluding hydrogens is 512 g/mol. The fraction of sp³-hybridized carbons (Fsp3) is 0.781. The van der Waals surface area contributed by atoms with E-state index in [0.29, 0.717) is 6.42 Å². The molecule has 0 bridgehead atoms. The lowest BCUT2D eigenvalue weighted by atomic mass is 9.72. The van der Waals surface area contributed by atoms with Crippen molar-refractivity contribution in [3.8, 4) is 0 Å². The molecule has 8 heteroatoms. The molecule has 0 spiro atoms. The number of carbonyl (C=O) groups is 1. The van der Waals surface area contributed by atoms with Gasteiger partial charge in [-0.05, 0) is 120 Å². The highest BCUT2D eigenvalue weighted by molar-refractivity contribution is 5.68. The second-order valence-electron chi connectivity index (χ2n) is 13.0. The maximum Gasteiger partial charge on any atom is 0.306 e. The van der Waals surface area contributed by atoms with Gasteiger partial charge in [0.15, 0.2) is 0 Å². The maximum atomic E-state index is 11.5. The summed E-state index contributed by atoms with van der Waals surface area (Å²) in [6, 6.07) is 0. The molecule has 0 fully saturated rings. The van der Waals surface area contributed by atoms with E-state index in [1.54, 1.807) is 0 Å². The van der Waals surface area contributed by atoms with Gasteiger partial charge in [-0.3, -0.25) is 4.79 Å². The van der Waals surface area contributed by atoms with Crippen LogP contribution in [0, 0.1) is 0 Å². The molecule has 234 valence electrons. The molecule has 0 aromatic rings. The Balaban J connectivity index is 5.05. The minimum Gasteiger partial charge on any atom is -0.481 e. The van der Waals surface area contributed by atoms with Crippen LogP contribution < -0.4 is 0 Å². The largest absolute Gasteiger partial charge is 0.481 e. The average Bonchev–Trinajstić information content (AvgIpc) is 2.79. The van der Waals surface area contributed by atoms with Crippen LogP contribution >= 0.6 is 0 Å². The quantitative estimate of drug-likeness (QED) is 0.101. The summed E-state index contributed by atoms with van der Waals surface area (Å²) in [5.74, 6) is -1.33. The van der Waals surface area contributed by atoms with Crippen molar-refractivity contribution >= 4 is 5.97 Å². The second-order valence-corrected chi connectivity index (χ2v) is 13.0. The normalized spacial score (nSPS) is 19.2. The Morgan fingerprint density at radius 2 is 1.20 bits per heavy atom. The average molecular weight is 571 g/mol. The smallest absolute Gasteiger partial charge is 0.306 e. The van der Waals surface area contributed by atoms with E-state index in [1.807, 2.05) is 13.0 Å². The molecule has 8 nitrogen and oxygen atoms in total.